The number of rotatable bonds is 8. The standard InChI is InChI=1S/C18H25ClN2O4/c1-4-5-6-7-21-11-12(8-17(21)22)18(23)20-14-10-15(24-2)13(19)9-16(14)25-3/h9-10,12H,4-8,11H2,1-3H3,(H,20,23). The zero-order chi connectivity index (χ0) is 18.4. The van der Waals surface area contributed by atoms with Gasteiger partial charge in [-0.2, -0.15) is 0 Å². The number of ether oxygens (including phenoxy) is 2. The molecular weight excluding hydrogens is 344 g/mol. The molecule has 138 valence electrons. The summed E-state index contributed by atoms with van der Waals surface area (Å²) in [5.74, 6) is 0.371. The lowest BCUT2D eigenvalue weighted by atomic mass is 10.1. The highest BCUT2D eigenvalue weighted by Gasteiger charge is 2.34. The third-order valence-electron chi connectivity index (χ3n) is 4.35. The lowest BCUT2D eigenvalue weighted by molar-refractivity contribution is -0.128. The minimum atomic E-state index is -0.361. The lowest BCUT2D eigenvalue weighted by Crippen LogP contribution is -2.29. The summed E-state index contributed by atoms with van der Waals surface area (Å²) >= 11 is 6.07. The maximum atomic E-state index is 12.6. The van der Waals surface area contributed by atoms with Gasteiger partial charge in [0.2, 0.25) is 11.8 Å². The Balaban J connectivity index is 2.04. The molecule has 2 amide bonds. The highest BCUT2D eigenvalue weighted by Crippen LogP contribution is 2.36. The molecule has 0 saturated carbocycles. The van der Waals surface area contributed by atoms with Gasteiger partial charge in [0.25, 0.3) is 0 Å². The molecule has 2 rings (SSSR count). The molecule has 1 heterocycles. The lowest BCUT2D eigenvalue weighted by Gasteiger charge is -2.17. The number of hydrogen-bond acceptors (Lipinski definition) is 4. The van der Waals surface area contributed by atoms with Gasteiger partial charge in [-0.25, -0.2) is 0 Å². The van der Waals surface area contributed by atoms with Crippen LogP contribution in [0.2, 0.25) is 5.02 Å². The van der Waals surface area contributed by atoms with Crippen LogP contribution in [0.5, 0.6) is 11.5 Å². The Kier molecular flexibility index (Phi) is 6.93. The number of hydrogen-bond donors (Lipinski definition) is 1. The van der Waals surface area contributed by atoms with Crippen LogP contribution in [0.1, 0.15) is 32.6 Å². The minimum absolute atomic E-state index is 0.0388. The van der Waals surface area contributed by atoms with Gasteiger partial charge < -0.3 is 19.7 Å². The number of unbranched alkanes of at least 4 members (excludes halogenated alkanes) is 2. The largest absolute Gasteiger partial charge is 0.495 e. The third-order valence-corrected chi connectivity index (χ3v) is 4.64. The van der Waals surface area contributed by atoms with E-state index in [9.17, 15) is 9.59 Å². The molecule has 7 heteroatoms. The number of amides is 2. The van der Waals surface area contributed by atoms with Crippen LogP contribution < -0.4 is 14.8 Å². The second-order valence-corrected chi connectivity index (χ2v) is 6.53. The number of carbonyl (C=O) groups excluding carboxylic acids is 2. The molecule has 1 atom stereocenters. The van der Waals surface area contributed by atoms with Crippen molar-refractivity contribution in [1.29, 1.82) is 0 Å². The maximum Gasteiger partial charge on any atom is 0.229 e. The molecule has 1 aromatic rings. The van der Waals surface area contributed by atoms with Crippen LogP contribution in [0.25, 0.3) is 0 Å². The van der Waals surface area contributed by atoms with Gasteiger partial charge >= 0.3 is 0 Å². The molecule has 1 unspecified atom stereocenters. The summed E-state index contributed by atoms with van der Waals surface area (Å²) in [5.41, 5.74) is 0.477. The Bertz CT molecular complexity index is 636. The van der Waals surface area contributed by atoms with Gasteiger partial charge in [-0.05, 0) is 6.42 Å². The highest BCUT2D eigenvalue weighted by molar-refractivity contribution is 6.32. The summed E-state index contributed by atoms with van der Waals surface area (Å²) < 4.78 is 10.4. The van der Waals surface area contributed by atoms with Gasteiger partial charge in [-0.15, -0.1) is 0 Å². The molecule has 25 heavy (non-hydrogen) atoms. The Hall–Kier alpha value is -1.95. The van der Waals surface area contributed by atoms with Crippen molar-refractivity contribution in [3.63, 3.8) is 0 Å². The number of halogens is 1. The van der Waals surface area contributed by atoms with E-state index < -0.39 is 0 Å². The molecule has 0 radical (unpaired) electrons. The molecule has 1 fully saturated rings. The Morgan fingerprint density at radius 2 is 2.00 bits per heavy atom. The molecule has 1 aliphatic heterocycles. The SMILES string of the molecule is CCCCCN1CC(C(=O)Nc2cc(OC)c(Cl)cc2OC)CC1=O. The van der Waals surface area contributed by atoms with Gasteiger partial charge in [0, 0.05) is 31.6 Å². The minimum Gasteiger partial charge on any atom is -0.495 e. The van der Waals surface area contributed by atoms with Gasteiger partial charge in [-0.3, -0.25) is 9.59 Å². The molecule has 0 spiro atoms. The van der Waals surface area contributed by atoms with Crippen LogP contribution >= 0.6 is 11.6 Å². The Morgan fingerprint density at radius 1 is 1.28 bits per heavy atom. The van der Waals surface area contributed by atoms with E-state index in [0.717, 1.165) is 19.3 Å². The molecular formula is C18H25ClN2O4. The normalized spacial score (nSPS) is 16.9. The van der Waals surface area contributed by atoms with Gasteiger partial charge in [0.15, 0.2) is 0 Å². The van der Waals surface area contributed by atoms with Crippen LogP contribution in [0.15, 0.2) is 12.1 Å². The molecule has 1 N–H and O–H groups in total. The van der Waals surface area contributed by atoms with Crippen molar-refractivity contribution in [3.05, 3.63) is 17.2 Å². The number of nitrogens with zero attached hydrogens (tertiary/aromatic N) is 1. The fourth-order valence-corrected chi connectivity index (χ4v) is 3.14. The summed E-state index contributed by atoms with van der Waals surface area (Å²) in [5, 5.41) is 3.23. The van der Waals surface area contributed by atoms with Crippen LogP contribution in [-0.2, 0) is 9.59 Å². The summed E-state index contributed by atoms with van der Waals surface area (Å²) in [6, 6.07) is 3.21. The van der Waals surface area contributed by atoms with Crippen molar-refractivity contribution < 1.29 is 19.1 Å². The number of likely N-dealkylation sites (tertiary alicyclic amines) is 1. The van der Waals surface area contributed by atoms with E-state index in [1.54, 1.807) is 17.0 Å². The van der Waals surface area contributed by atoms with Crippen molar-refractivity contribution in [3.8, 4) is 11.5 Å². The fraction of sp³-hybridized carbons (Fsp3) is 0.556. The molecule has 1 aromatic carbocycles. The van der Waals surface area contributed by atoms with E-state index in [2.05, 4.69) is 12.2 Å². The fourth-order valence-electron chi connectivity index (χ4n) is 2.91. The number of nitrogens with one attached hydrogen (secondary N) is 1. The predicted octanol–water partition coefficient (Wildman–Crippen LogP) is 3.33. The second kappa shape index (κ2) is 8.94. The number of anilines is 1. The summed E-state index contributed by atoms with van der Waals surface area (Å²) in [7, 11) is 3.01. The van der Waals surface area contributed by atoms with E-state index >= 15 is 0 Å². The Morgan fingerprint density at radius 3 is 2.64 bits per heavy atom. The van der Waals surface area contributed by atoms with E-state index in [0.29, 0.717) is 35.3 Å². The molecule has 1 saturated heterocycles. The predicted molar refractivity (Wildman–Crippen MR) is 97.4 cm³/mol. The Labute approximate surface area is 153 Å². The van der Waals surface area contributed by atoms with Crippen LogP contribution in [-0.4, -0.2) is 44.0 Å². The average Bonchev–Trinajstić information content (AvgIpc) is 2.97. The molecule has 0 bridgehead atoms. The van der Waals surface area contributed by atoms with Crippen molar-refractivity contribution >= 4 is 29.1 Å². The maximum absolute atomic E-state index is 12.6. The quantitative estimate of drug-likeness (QED) is 0.714. The van der Waals surface area contributed by atoms with Crippen molar-refractivity contribution in [2.24, 2.45) is 5.92 Å². The van der Waals surface area contributed by atoms with E-state index in [1.807, 2.05) is 0 Å². The van der Waals surface area contributed by atoms with Gasteiger partial charge in [0.05, 0.1) is 30.8 Å². The molecule has 0 aliphatic carbocycles. The first-order chi connectivity index (χ1) is 12.0. The zero-order valence-electron chi connectivity index (χ0n) is 14.9. The second-order valence-electron chi connectivity index (χ2n) is 6.12. The van der Waals surface area contributed by atoms with E-state index in [1.165, 1.54) is 14.2 Å². The number of carbonyl (C=O) groups is 2. The third kappa shape index (κ3) is 4.78. The van der Waals surface area contributed by atoms with Gasteiger partial charge in [0.1, 0.15) is 11.5 Å². The smallest absolute Gasteiger partial charge is 0.229 e. The number of benzene rings is 1. The first-order valence-corrected chi connectivity index (χ1v) is 8.88. The van der Waals surface area contributed by atoms with Crippen molar-refractivity contribution in [2.75, 3.05) is 32.6 Å². The summed E-state index contributed by atoms with van der Waals surface area (Å²) in [6.45, 7) is 3.30. The van der Waals surface area contributed by atoms with Crippen LogP contribution in [0.4, 0.5) is 5.69 Å². The van der Waals surface area contributed by atoms with Crippen molar-refractivity contribution in [2.45, 2.75) is 32.6 Å². The average molecular weight is 369 g/mol. The number of methoxy groups -OCH3 is 2. The molecule has 6 nitrogen and oxygen atoms in total. The van der Waals surface area contributed by atoms with E-state index in [-0.39, 0.29) is 24.2 Å². The van der Waals surface area contributed by atoms with Crippen LogP contribution in [0.3, 0.4) is 0 Å². The molecule has 1 aliphatic rings. The van der Waals surface area contributed by atoms with E-state index in [4.69, 9.17) is 21.1 Å². The topological polar surface area (TPSA) is 67.9 Å². The first kappa shape index (κ1) is 19.4. The summed E-state index contributed by atoms with van der Waals surface area (Å²) in [6.07, 6.45) is 3.40. The summed E-state index contributed by atoms with van der Waals surface area (Å²) in [4.78, 5) is 26.4. The molecule has 0 aromatic heterocycles. The van der Waals surface area contributed by atoms with Crippen molar-refractivity contribution in [1.82, 2.24) is 4.90 Å². The first-order valence-electron chi connectivity index (χ1n) is 8.50. The van der Waals surface area contributed by atoms with Gasteiger partial charge in [-0.1, -0.05) is 31.4 Å². The van der Waals surface area contributed by atoms with Crippen LogP contribution in [0, 0.1) is 5.92 Å². The zero-order valence-corrected chi connectivity index (χ0v) is 15.7. The monoisotopic (exact) mass is 368 g/mol. The highest BCUT2D eigenvalue weighted by atomic mass is 35.5.